The summed E-state index contributed by atoms with van der Waals surface area (Å²) >= 11 is 0. The molecule has 0 unspecified atom stereocenters. The van der Waals surface area contributed by atoms with Gasteiger partial charge in [0.05, 0.1) is 0 Å². The summed E-state index contributed by atoms with van der Waals surface area (Å²) in [4.78, 5) is 0. The third-order valence-electron chi connectivity index (χ3n) is 3.54. The molecule has 0 spiro atoms. The Morgan fingerprint density at radius 3 is 1.62 bits per heavy atom. The first kappa shape index (κ1) is 23.5. The third-order valence-corrected chi connectivity index (χ3v) is 8.87. The lowest BCUT2D eigenvalue weighted by molar-refractivity contribution is 0.401. The molecule has 0 aliphatic carbocycles. The standard InChI is InChI=1S/C8H22N2OSi.C6H17NOSi/c1-11-12(2,3)8-4-6-10-7-5-9;1-8-9(2,3)6-4-5-7/h10H,4-9H2,1-3H3;4-7H2,1-3H3. The molecule has 5 N–H and O–H groups in total. The predicted molar refractivity (Wildman–Crippen MR) is 98.8 cm³/mol. The number of nitrogens with two attached hydrogens (primary N) is 2. The highest BCUT2D eigenvalue weighted by Gasteiger charge is 2.19. The number of rotatable bonds is 11. The Kier molecular flexibility index (Phi) is 15.5. The summed E-state index contributed by atoms with van der Waals surface area (Å²) in [6.07, 6.45) is 2.31. The van der Waals surface area contributed by atoms with Crippen LogP contribution < -0.4 is 16.8 Å². The molecule has 0 bridgehead atoms. The molecular weight excluding hydrogens is 298 g/mol. The van der Waals surface area contributed by atoms with E-state index in [0.29, 0.717) is 0 Å². The van der Waals surface area contributed by atoms with E-state index in [4.69, 9.17) is 20.3 Å². The van der Waals surface area contributed by atoms with Crippen LogP contribution in [0.4, 0.5) is 0 Å². The lowest BCUT2D eigenvalue weighted by Crippen LogP contribution is -2.30. The molecule has 0 aromatic carbocycles. The Morgan fingerprint density at radius 1 is 0.762 bits per heavy atom. The van der Waals surface area contributed by atoms with Crippen LogP contribution in [0.25, 0.3) is 0 Å². The minimum absolute atomic E-state index is 0.727. The van der Waals surface area contributed by atoms with E-state index in [9.17, 15) is 0 Å². The first-order valence-electron chi connectivity index (χ1n) is 7.96. The molecule has 0 saturated heterocycles. The molecule has 0 heterocycles. The minimum Gasteiger partial charge on any atom is -0.420 e. The smallest absolute Gasteiger partial charge is 0.186 e. The van der Waals surface area contributed by atoms with Crippen molar-refractivity contribution < 1.29 is 8.85 Å². The number of hydrogen-bond acceptors (Lipinski definition) is 5. The highest BCUT2D eigenvalue weighted by Crippen LogP contribution is 2.11. The zero-order valence-corrected chi connectivity index (χ0v) is 17.1. The van der Waals surface area contributed by atoms with E-state index in [0.717, 1.165) is 32.6 Å². The third kappa shape index (κ3) is 18.2. The normalized spacial score (nSPS) is 12.0. The molecule has 0 radical (unpaired) electrons. The lowest BCUT2D eigenvalue weighted by Gasteiger charge is -2.19. The van der Waals surface area contributed by atoms with E-state index in [1.165, 1.54) is 18.5 Å². The maximum atomic E-state index is 5.43. The maximum Gasteiger partial charge on any atom is 0.186 e. The van der Waals surface area contributed by atoms with Crippen molar-refractivity contribution in [2.75, 3.05) is 40.4 Å². The Morgan fingerprint density at radius 2 is 1.24 bits per heavy atom. The summed E-state index contributed by atoms with van der Waals surface area (Å²) in [5.41, 5.74) is 10.7. The zero-order valence-electron chi connectivity index (χ0n) is 15.1. The second-order valence-electron chi connectivity index (χ2n) is 6.46. The van der Waals surface area contributed by atoms with Crippen molar-refractivity contribution in [1.82, 2.24) is 5.32 Å². The van der Waals surface area contributed by atoms with Gasteiger partial charge in [-0.3, -0.25) is 0 Å². The Balaban J connectivity index is 0. The quantitative estimate of drug-likeness (QED) is 0.396. The van der Waals surface area contributed by atoms with Crippen LogP contribution in [0.1, 0.15) is 12.8 Å². The van der Waals surface area contributed by atoms with Gasteiger partial charge in [-0.25, -0.2) is 0 Å². The summed E-state index contributed by atoms with van der Waals surface area (Å²) in [6.45, 7) is 12.4. The molecule has 0 aromatic heterocycles. The van der Waals surface area contributed by atoms with Gasteiger partial charge in [-0.05, 0) is 64.2 Å². The van der Waals surface area contributed by atoms with Gasteiger partial charge in [0.2, 0.25) is 0 Å². The molecule has 0 aliphatic rings. The van der Waals surface area contributed by atoms with Crippen molar-refractivity contribution in [1.29, 1.82) is 0 Å². The molecule has 21 heavy (non-hydrogen) atoms. The van der Waals surface area contributed by atoms with E-state index in [2.05, 4.69) is 31.5 Å². The van der Waals surface area contributed by atoms with E-state index in [1.54, 1.807) is 7.11 Å². The molecule has 0 atom stereocenters. The van der Waals surface area contributed by atoms with Gasteiger partial charge in [0, 0.05) is 27.3 Å². The minimum atomic E-state index is -1.31. The fourth-order valence-electron chi connectivity index (χ4n) is 1.60. The van der Waals surface area contributed by atoms with Gasteiger partial charge in [-0.1, -0.05) is 0 Å². The molecular formula is C14H39N3O2Si2. The molecule has 7 heteroatoms. The van der Waals surface area contributed by atoms with Crippen LogP contribution in [0, 0.1) is 0 Å². The lowest BCUT2D eigenvalue weighted by atomic mass is 10.5. The van der Waals surface area contributed by atoms with Gasteiger partial charge < -0.3 is 25.6 Å². The van der Waals surface area contributed by atoms with Crippen molar-refractivity contribution in [3.8, 4) is 0 Å². The summed E-state index contributed by atoms with van der Waals surface area (Å²) < 4.78 is 10.8. The van der Waals surface area contributed by atoms with Crippen molar-refractivity contribution in [2.45, 2.75) is 51.1 Å². The largest absolute Gasteiger partial charge is 0.420 e. The topological polar surface area (TPSA) is 82.5 Å². The van der Waals surface area contributed by atoms with Crippen LogP contribution >= 0.6 is 0 Å². The SMILES string of the molecule is CO[Si](C)(C)CCCN.CO[Si](C)(C)CCCNCCN. The van der Waals surface area contributed by atoms with Crippen molar-refractivity contribution in [2.24, 2.45) is 11.5 Å². The maximum absolute atomic E-state index is 5.43. The second-order valence-corrected chi connectivity index (χ2v) is 15.3. The summed E-state index contributed by atoms with van der Waals surface area (Å²) in [6, 6.07) is 2.40. The molecule has 0 aliphatic heterocycles. The fourth-order valence-corrected chi connectivity index (χ4v) is 4.09. The van der Waals surface area contributed by atoms with Gasteiger partial charge in [0.25, 0.3) is 0 Å². The van der Waals surface area contributed by atoms with Crippen molar-refractivity contribution in [3.63, 3.8) is 0 Å². The highest BCUT2D eigenvalue weighted by molar-refractivity contribution is 6.71. The van der Waals surface area contributed by atoms with Gasteiger partial charge in [0.15, 0.2) is 16.6 Å². The first-order chi connectivity index (χ1) is 9.74. The molecule has 0 aromatic rings. The average Bonchev–Trinajstić information content (AvgIpc) is 2.45. The zero-order chi connectivity index (χ0) is 16.8. The van der Waals surface area contributed by atoms with Crippen LogP contribution in [-0.2, 0) is 8.85 Å². The molecule has 0 saturated carbocycles. The Labute approximate surface area is 134 Å². The molecule has 0 amide bonds. The average molecular weight is 338 g/mol. The van der Waals surface area contributed by atoms with E-state index >= 15 is 0 Å². The number of nitrogens with one attached hydrogen (secondary N) is 1. The van der Waals surface area contributed by atoms with Crippen molar-refractivity contribution in [3.05, 3.63) is 0 Å². The van der Waals surface area contributed by atoms with Crippen LogP contribution in [-0.4, -0.2) is 57.0 Å². The monoisotopic (exact) mass is 337 g/mol. The second kappa shape index (κ2) is 13.9. The Bertz CT molecular complexity index is 230. The summed E-state index contributed by atoms with van der Waals surface area (Å²) in [5.74, 6) is 0. The van der Waals surface area contributed by atoms with Crippen LogP contribution in [0.2, 0.25) is 38.3 Å². The molecule has 0 fully saturated rings. The highest BCUT2D eigenvalue weighted by atomic mass is 28.4. The Hall–Kier alpha value is 0.234. The van der Waals surface area contributed by atoms with Gasteiger partial charge in [0.1, 0.15) is 0 Å². The van der Waals surface area contributed by atoms with Crippen LogP contribution in [0.3, 0.4) is 0 Å². The predicted octanol–water partition coefficient (Wildman–Crippen LogP) is 1.96. The molecule has 5 nitrogen and oxygen atoms in total. The van der Waals surface area contributed by atoms with E-state index in [-0.39, 0.29) is 0 Å². The van der Waals surface area contributed by atoms with Gasteiger partial charge >= 0.3 is 0 Å². The van der Waals surface area contributed by atoms with Crippen LogP contribution in [0.5, 0.6) is 0 Å². The first-order valence-corrected chi connectivity index (χ1v) is 14.2. The molecule has 0 rings (SSSR count). The van der Waals surface area contributed by atoms with Crippen LogP contribution in [0.15, 0.2) is 0 Å². The summed E-state index contributed by atoms with van der Waals surface area (Å²) in [5, 5.41) is 3.27. The number of hydrogen-bond donors (Lipinski definition) is 3. The fraction of sp³-hybridized carbons (Fsp3) is 1.00. The van der Waals surface area contributed by atoms with Gasteiger partial charge in [-0.15, -0.1) is 0 Å². The van der Waals surface area contributed by atoms with E-state index < -0.39 is 16.6 Å². The molecule has 130 valence electrons. The summed E-state index contributed by atoms with van der Waals surface area (Å²) in [7, 11) is 1.03. The van der Waals surface area contributed by atoms with Crippen molar-refractivity contribution >= 4 is 16.6 Å². The van der Waals surface area contributed by atoms with Gasteiger partial charge in [-0.2, -0.15) is 0 Å². The van der Waals surface area contributed by atoms with E-state index in [1.807, 2.05) is 7.11 Å².